The third-order valence-electron chi connectivity index (χ3n) is 5.76. The predicted molar refractivity (Wildman–Crippen MR) is 113 cm³/mol. The molecule has 164 valence electrons. The highest BCUT2D eigenvalue weighted by Gasteiger charge is 2.34. The fourth-order valence-electron chi connectivity index (χ4n) is 4.10. The van der Waals surface area contributed by atoms with Crippen LogP contribution < -0.4 is 5.32 Å². The van der Waals surface area contributed by atoms with E-state index < -0.39 is 6.04 Å². The molecule has 1 N–H and O–H groups in total. The molecule has 2 saturated heterocycles. The molecule has 2 aliphatic rings. The van der Waals surface area contributed by atoms with E-state index in [-0.39, 0.29) is 29.6 Å². The summed E-state index contributed by atoms with van der Waals surface area (Å²) < 4.78 is 5.33. The molecule has 0 spiro atoms. The van der Waals surface area contributed by atoms with Crippen LogP contribution in [-0.2, 0) is 19.1 Å². The van der Waals surface area contributed by atoms with Gasteiger partial charge in [-0.1, -0.05) is 44.2 Å². The van der Waals surface area contributed by atoms with Crippen molar-refractivity contribution in [3.8, 4) is 0 Å². The van der Waals surface area contributed by atoms with Gasteiger partial charge in [-0.3, -0.25) is 14.4 Å². The van der Waals surface area contributed by atoms with E-state index in [0.29, 0.717) is 58.7 Å². The first-order valence-electron chi connectivity index (χ1n) is 11.0. The number of amides is 3. The van der Waals surface area contributed by atoms with E-state index in [2.05, 4.69) is 5.32 Å². The molecule has 30 heavy (non-hydrogen) atoms. The maximum atomic E-state index is 13.3. The summed E-state index contributed by atoms with van der Waals surface area (Å²) >= 11 is 0. The summed E-state index contributed by atoms with van der Waals surface area (Å²) in [6.45, 7) is 7.51. The molecule has 2 fully saturated rings. The van der Waals surface area contributed by atoms with Crippen LogP contribution in [0.5, 0.6) is 0 Å². The Bertz CT molecular complexity index is 723. The Balaban J connectivity index is 1.62. The molecule has 1 unspecified atom stereocenters. The van der Waals surface area contributed by atoms with E-state index in [4.69, 9.17) is 4.74 Å². The van der Waals surface area contributed by atoms with Crippen LogP contribution in [0.4, 0.5) is 0 Å². The van der Waals surface area contributed by atoms with Crippen LogP contribution in [-0.4, -0.2) is 66.9 Å². The maximum Gasteiger partial charge on any atom is 0.249 e. The van der Waals surface area contributed by atoms with Crippen molar-refractivity contribution >= 4 is 17.7 Å². The summed E-state index contributed by atoms with van der Waals surface area (Å²) in [5, 5.41) is 2.93. The van der Waals surface area contributed by atoms with Crippen molar-refractivity contribution in [2.75, 3.05) is 39.4 Å². The Morgan fingerprint density at radius 2 is 1.63 bits per heavy atom. The van der Waals surface area contributed by atoms with Crippen molar-refractivity contribution in [3.05, 3.63) is 35.9 Å². The van der Waals surface area contributed by atoms with Crippen LogP contribution in [0.15, 0.2) is 30.3 Å². The Morgan fingerprint density at radius 1 is 1.00 bits per heavy atom. The number of piperidine rings is 1. The quantitative estimate of drug-likeness (QED) is 0.771. The summed E-state index contributed by atoms with van der Waals surface area (Å²) in [4.78, 5) is 42.1. The van der Waals surface area contributed by atoms with Crippen molar-refractivity contribution in [2.45, 2.75) is 39.2 Å². The van der Waals surface area contributed by atoms with E-state index in [1.807, 2.05) is 49.1 Å². The van der Waals surface area contributed by atoms with E-state index in [0.717, 1.165) is 5.56 Å². The first kappa shape index (κ1) is 22.3. The molecule has 0 radical (unpaired) electrons. The van der Waals surface area contributed by atoms with Gasteiger partial charge in [-0.2, -0.15) is 0 Å². The molecule has 0 bridgehead atoms. The summed E-state index contributed by atoms with van der Waals surface area (Å²) in [5.41, 5.74) is 0.783. The third-order valence-corrected chi connectivity index (χ3v) is 5.76. The molecule has 0 aromatic heterocycles. The molecule has 2 aliphatic heterocycles. The Morgan fingerprint density at radius 3 is 2.23 bits per heavy atom. The summed E-state index contributed by atoms with van der Waals surface area (Å²) in [5.74, 6) is 0.131. The van der Waals surface area contributed by atoms with Gasteiger partial charge in [0.15, 0.2) is 0 Å². The Kier molecular flexibility index (Phi) is 7.85. The minimum absolute atomic E-state index is 0.0437. The highest BCUT2D eigenvalue weighted by atomic mass is 16.5. The van der Waals surface area contributed by atoms with Gasteiger partial charge in [0, 0.05) is 38.5 Å². The SMILES string of the molecule is CC(C)CC(=O)NC(C(=O)N1CCC(C(=O)N2CCOCC2)CC1)c1ccccc1. The van der Waals surface area contributed by atoms with Gasteiger partial charge in [0.2, 0.25) is 17.7 Å². The van der Waals surface area contributed by atoms with Crippen LogP contribution in [0.25, 0.3) is 0 Å². The lowest BCUT2D eigenvalue weighted by Gasteiger charge is -2.36. The molecule has 1 atom stereocenters. The number of nitrogens with one attached hydrogen (secondary N) is 1. The molecule has 3 amide bonds. The van der Waals surface area contributed by atoms with Crippen LogP contribution in [0.1, 0.15) is 44.7 Å². The van der Waals surface area contributed by atoms with Crippen molar-refractivity contribution in [1.82, 2.24) is 15.1 Å². The van der Waals surface area contributed by atoms with Crippen molar-refractivity contribution in [2.24, 2.45) is 11.8 Å². The van der Waals surface area contributed by atoms with Gasteiger partial charge in [-0.15, -0.1) is 0 Å². The Labute approximate surface area is 178 Å². The lowest BCUT2D eigenvalue weighted by atomic mass is 9.94. The van der Waals surface area contributed by atoms with Crippen LogP contribution in [0, 0.1) is 11.8 Å². The van der Waals surface area contributed by atoms with Crippen LogP contribution in [0.2, 0.25) is 0 Å². The molecule has 0 saturated carbocycles. The van der Waals surface area contributed by atoms with Crippen molar-refractivity contribution in [1.29, 1.82) is 0 Å². The van der Waals surface area contributed by atoms with Crippen molar-refractivity contribution in [3.63, 3.8) is 0 Å². The Hall–Kier alpha value is -2.41. The second-order valence-corrected chi connectivity index (χ2v) is 8.55. The molecule has 2 heterocycles. The molecule has 1 aromatic carbocycles. The zero-order valence-corrected chi connectivity index (χ0v) is 18.0. The average molecular weight is 416 g/mol. The normalized spacial score (nSPS) is 18.9. The second kappa shape index (κ2) is 10.6. The van der Waals surface area contributed by atoms with E-state index in [1.54, 1.807) is 4.90 Å². The number of nitrogens with zero attached hydrogens (tertiary/aromatic N) is 2. The fraction of sp³-hybridized carbons (Fsp3) is 0.609. The zero-order chi connectivity index (χ0) is 21.5. The fourth-order valence-corrected chi connectivity index (χ4v) is 4.10. The maximum absolute atomic E-state index is 13.3. The molecule has 7 nitrogen and oxygen atoms in total. The van der Waals surface area contributed by atoms with Gasteiger partial charge < -0.3 is 19.9 Å². The van der Waals surface area contributed by atoms with E-state index in [1.165, 1.54) is 0 Å². The number of carbonyl (C=O) groups excluding carboxylic acids is 3. The van der Waals surface area contributed by atoms with Crippen molar-refractivity contribution < 1.29 is 19.1 Å². The summed E-state index contributed by atoms with van der Waals surface area (Å²) in [6.07, 6.45) is 1.69. The minimum Gasteiger partial charge on any atom is -0.378 e. The number of ether oxygens (including phenoxy) is 1. The zero-order valence-electron chi connectivity index (χ0n) is 18.0. The minimum atomic E-state index is -0.691. The lowest BCUT2D eigenvalue weighted by molar-refractivity contribution is -0.144. The number of hydrogen-bond donors (Lipinski definition) is 1. The number of benzene rings is 1. The van der Waals surface area contributed by atoms with E-state index >= 15 is 0 Å². The topological polar surface area (TPSA) is 79.0 Å². The van der Waals surface area contributed by atoms with Gasteiger partial charge >= 0.3 is 0 Å². The summed E-state index contributed by atoms with van der Waals surface area (Å²) in [7, 11) is 0. The first-order chi connectivity index (χ1) is 14.5. The smallest absolute Gasteiger partial charge is 0.249 e. The predicted octanol–water partition coefficient (Wildman–Crippen LogP) is 1.99. The highest BCUT2D eigenvalue weighted by Crippen LogP contribution is 2.24. The summed E-state index contributed by atoms with van der Waals surface area (Å²) in [6, 6.07) is 8.68. The molecular formula is C23H33N3O4. The van der Waals surface area contributed by atoms with Crippen LogP contribution in [0.3, 0.4) is 0 Å². The van der Waals surface area contributed by atoms with Crippen LogP contribution >= 0.6 is 0 Å². The van der Waals surface area contributed by atoms with Gasteiger partial charge in [0.25, 0.3) is 0 Å². The standard InChI is InChI=1S/C23H33N3O4/c1-17(2)16-20(27)24-21(18-6-4-3-5-7-18)23(29)25-10-8-19(9-11-25)22(28)26-12-14-30-15-13-26/h3-7,17,19,21H,8-16H2,1-2H3,(H,24,27). The van der Waals surface area contributed by atoms with Gasteiger partial charge in [-0.05, 0) is 24.3 Å². The number of carbonyl (C=O) groups is 3. The van der Waals surface area contributed by atoms with Gasteiger partial charge in [-0.25, -0.2) is 0 Å². The monoisotopic (exact) mass is 415 g/mol. The van der Waals surface area contributed by atoms with E-state index in [9.17, 15) is 14.4 Å². The molecule has 1 aromatic rings. The number of morpholine rings is 1. The number of rotatable bonds is 6. The highest BCUT2D eigenvalue weighted by molar-refractivity contribution is 5.89. The first-order valence-corrected chi connectivity index (χ1v) is 11.0. The molecular weight excluding hydrogens is 382 g/mol. The lowest BCUT2D eigenvalue weighted by Crippen LogP contribution is -2.49. The average Bonchev–Trinajstić information content (AvgIpc) is 2.77. The van der Waals surface area contributed by atoms with Gasteiger partial charge in [0.05, 0.1) is 13.2 Å². The largest absolute Gasteiger partial charge is 0.378 e. The van der Waals surface area contributed by atoms with Gasteiger partial charge in [0.1, 0.15) is 6.04 Å². The molecule has 0 aliphatic carbocycles. The molecule has 7 heteroatoms. The molecule has 3 rings (SSSR count). The third kappa shape index (κ3) is 5.81. The number of hydrogen-bond acceptors (Lipinski definition) is 4. The number of likely N-dealkylation sites (tertiary alicyclic amines) is 1. The second-order valence-electron chi connectivity index (χ2n) is 8.55.